The molecule has 0 radical (unpaired) electrons. The molecule has 20 heavy (non-hydrogen) atoms. The quantitative estimate of drug-likeness (QED) is 0.831. The third-order valence-electron chi connectivity index (χ3n) is 3.47. The zero-order chi connectivity index (χ0) is 14.1. The third kappa shape index (κ3) is 2.78. The third-order valence-corrected chi connectivity index (χ3v) is 3.47. The molecular weight excluding hydrogens is 262 g/mol. The molecule has 0 saturated carbocycles. The molecular formula is C14H19NO5. The van der Waals surface area contributed by atoms with Crippen molar-refractivity contribution in [2.45, 2.75) is 25.4 Å². The van der Waals surface area contributed by atoms with Crippen LogP contribution in [0, 0.1) is 6.92 Å². The van der Waals surface area contributed by atoms with Gasteiger partial charge in [-0.3, -0.25) is 4.98 Å². The second kappa shape index (κ2) is 5.29. The van der Waals surface area contributed by atoms with Crippen LogP contribution in [-0.4, -0.2) is 49.6 Å². The summed E-state index contributed by atoms with van der Waals surface area (Å²) in [5.74, 6) is -0.746. The summed E-state index contributed by atoms with van der Waals surface area (Å²) >= 11 is 0. The van der Waals surface area contributed by atoms with Gasteiger partial charge in [0.15, 0.2) is 5.79 Å². The molecule has 6 heteroatoms. The summed E-state index contributed by atoms with van der Waals surface area (Å²) in [5, 5.41) is 0. The van der Waals surface area contributed by atoms with Gasteiger partial charge in [0.05, 0.1) is 13.2 Å². The van der Waals surface area contributed by atoms with Crippen LogP contribution in [0.4, 0.5) is 0 Å². The van der Waals surface area contributed by atoms with Crippen LogP contribution in [-0.2, 0) is 18.9 Å². The zero-order valence-corrected chi connectivity index (χ0v) is 11.8. The van der Waals surface area contributed by atoms with Crippen LogP contribution in [0.3, 0.4) is 0 Å². The van der Waals surface area contributed by atoms with E-state index in [4.69, 9.17) is 23.7 Å². The van der Waals surface area contributed by atoms with E-state index in [1.54, 1.807) is 12.4 Å². The summed E-state index contributed by atoms with van der Waals surface area (Å²) in [4.78, 5) is 4.03. The molecule has 110 valence electrons. The van der Waals surface area contributed by atoms with Gasteiger partial charge in [-0.05, 0) is 19.9 Å². The fourth-order valence-corrected chi connectivity index (χ4v) is 2.19. The van der Waals surface area contributed by atoms with Crippen molar-refractivity contribution in [3.05, 3.63) is 24.0 Å². The molecule has 0 N–H and O–H groups in total. The Labute approximate surface area is 117 Å². The number of nitrogens with zero attached hydrogens (tertiary/aromatic N) is 1. The largest absolute Gasteiger partial charge is 0.488 e. The molecule has 2 aliphatic rings. The predicted octanol–water partition coefficient (Wildman–Crippen LogP) is 1.27. The van der Waals surface area contributed by atoms with Gasteiger partial charge in [-0.15, -0.1) is 0 Å². The number of aryl methyl sites for hydroxylation is 1. The van der Waals surface area contributed by atoms with Gasteiger partial charge in [0.1, 0.15) is 25.6 Å². The number of aromatic nitrogens is 1. The lowest BCUT2D eigenvalue weighted by Gasteiger charge is -2.41. The van der Waals surface area contributed by atoms with Crippen LogP contribution in [0.25, 0.3) is 0 Å². The lowest BCUT2D eigenvalue weighted by molar-refractivity contribution is -0.360. The maximum absolute atomic E-state index is 5.76. The topological polar surface area (TPSA) is 59.0 Å². The molecule has 3 heterocycles. The fourth-order valence-electron chi connectivity index (χ4n) is 2.19. The lowest BCUT2D eigenvalue weighted by Crippen LogP contribution is -2.55. The molecule has 1 aromatic heterocycles. The molecule has 0 amide bonds. The van der Waals surface area contributed by atoms with Gasteiger partial charge >= 0.3 is 0 Å². The molecule has 1 spiro atoms. The summed E-state index contributed by atoms with van der Waals surface area (Å²) in [5.41, 5.74) is 0.978. The monoisotopic (exact) mass is 281 g/mol. The van der Waals surface area contributed by atoms with Gasteiger partial charge in [0.2, 0.25) is 5.79 Å². The number of rotatable bonds is 3. The Morgan fingerprint density at radius 2 is 1.90 bits per heavy atom. The van der Waals surface area contributed by atoms with Crippen LogP contribution in [0.15, 0.2) is 18.5 Å². The van der Waals surface area contributed by atoms with Crippen molar-refractivity contribution >= 4 is 0 Å². The molecule has 0 unspecified atom stereocenters. The fraction of sp³-hybridized carbons (Fsp3) is 0.643. The van der Waals surface area contributed by atoms with Crippen LogP contribution in [0.2, 0.25) is 0 Å². The van der Waals surface area contributed by atoms with Crippen molar-refractivity contribution in [3.63, 3.8) is 0 Å². The van der Waals surface area contributed by atoms with E-state index in [9.17, 15) is 0 Å². The molecule has 6 nitrogen and oxygen atoms in total. The van der Waals surface area contributed by atoms with E-state index in [-0.39, 0.29) is 0 Å². The molecule has 2 saturated heterocycles. The SMILES string of the molecule is Cc1cnccc1OCC1(C)OCC2(CO1)OCCO2. The Bertz CT molecular complexity index is 462. The van der Waals surface area contributed by atoms with Gasteiger partial charge in [-0.2, -0.15) is 0 Å². The first-order valence-electron chi connectivity index (χ1n) is 6.70. The molecule has 3 rings (SSSR count). The van der Waals surface area contributed by atoms with Crippen molar-refractivity contribution in [1.82, 2.24) is 4.98 Å². The standard InChI is InChI=1S/C14H19NO5/c1-11-7-15-4-3-12(11)16-8-13(2)19-9-14(10-20-13)17-5-6-18-14/h3-4,7H,5-6,8-10H2,1-2H3. The molecule has 2 fully saturated rings. The normalized spacial score (nSPS) is 23.9. The van der Waals surface area contributed by atoms with Gasteiger partial charge in [0.25, 0.3) is 0 Å². The molecule has 0 aromatic carbocycles. The van der Waals surface area contributed by atoms with Crippen molar-refractivity contribution < 1.29 is 23.7 Å². The second-order valence-corrected chi connectivity index (χ2v) is 5.25. The van der Waals surface area contributed by atoms with Gasteiger partial charge < -0.3 is 23.7 Å². The minimum absolute atomic E-state index is 0.300. The van der Waals surface area contributed by atoms with Crippen molar-refractivity contribution in [2.75, 3.05) is 33.0 Å². The highest BCUT2D eigenvalue weighted by molar-refractivity contribution is 5.28. The highest BCUT2D eigenvalue weighted by atomic mass is 16.8. The summed E-state index contributed by atoms with van der Waals surface area (Å²) in [6, 6.07) is 1.83. The highest BCUT2D eigenvalue weighted by Gasteiger charge is 2.46. The van der Waals surface area contributed by atoms with Crippen molar-refractivity contribution in [1.29, 1.82) is 0 Å². The van der Waals surface area contributed by atoms with Crippen LogP contribution >= 0.6 is 0 Å². The Kier molecular flexibility index (Phi) is 3.64. The van der Waals surface area contributed by atoms with E-state index in [0.717, 1.165) is 11.3 Å². The van der Waals surface area contributed by atoms with E-state index in [1.165, 1.54) is 0 Å². The average Bonchev–Trinajstić information content (AvgIpc) is 2.91. The summed E-state index contributed by atoms with van der Waals surface area (Å²) in [7, 11) is 0. The molecule has 0 atom stereocenters. The maximum atomic E-state index is 5.76. The Morgan fingerprint density at radius 3 is 2.55 bits per heavy atom. The van der Waals surface area contributed by atoms with E-state index in [0.29, 0.717) is 33.0 Å². The first-order valence-corrected chi connectivity index (χ1v) is 6.70. The Morgan fingerprint density at radius 1 is 1.20 bits per heavy atom. The van der Waals surface area contributed by atoms with Gasteiger partial charge in [-0.1, -0.05) is 0 Å². The van der Waals surface area contributed by atoms with Crippen LogP contribution in [0.1, 0.15) is 12.5 Å². The minimum atomic E-state index is -0.795. The van der Waals surface area contributed by atoms with E-state index >= 15 is 0 Å². The number of ether oxygens (including phenoxy) is 5. The second-order valence-electron chi connectivity index (χ2n) is 5.25. The van der Waals surface area contributed by atoms with E-state index in [2.05, 4.69) is 4.98 Å². The predicted molar refractivity (Wildman–Crippen MR) is 69.4 cm³/mol. The Hall–Kier alpha value is -1.21. The maximum Gasteiger partial charge on any atom is 0.216 e. The van der Waals surface area contributed by atoms with Crippen LogP contribution < -0.4 is 4.74 Å². The summed E-state index contributed by atoms with van der Waals surface area (Å²) < 4.78 is 28.3. The molecule has 1 aromatic rings. The van der Waals surface area contributed by atoms with Gasteiger partial charge in [-0.25, -0.2) is 0 Å². The summed E-state index contributed by atoms with van der Waals surface area (Å²) in [6.07, 6.45) is 3.46. The lowest BCUT2D eigenvalue weighted by atomic mass is 10.2. The zero-order valence-electron chi connectivity index (χ0n) is 11.8. The number of hydrogen-bond donors (Lipinski definition) is 0. The first-order chi connectivity index (χ1) is 9.61. The molecule has 0 aliphatic carbocycles. The van der Waals surface area contributed by atoms with Crippen LogP contribution in [0.5, 0.6) is 5.75 Å². The van der Waals surface area contributed by atoms with Crippen molar-refractivity contribution in [2.24, 2.45) is 0 Å². The smallest absolute Gasteiger partial charge is 0.216 e. The number of hydrogen-bond acceptors (Lipinski definition) is 6. The van der Waals surface area contributed by atoms with E-state index < -0.39 is 11.6 Å². The minimum Gasteiger partial charge on any atom is -0.488 e. The summed E-state index contributed by atoms with van der Waals surface area (Å²) in [6.45, 7) is 5.96. The number of pyridine rings is 1. The molecule has 2 aliphatic heterocycles. The van der Waals surface area contributed by atoms with Crippen molar-refractivity contribution in [3.8, 4) is 5.75 Å². The Balaban J connectivity index is 1.57. The first kappa shape index (κ1) is 13.8. The highest BCUT2D eigenvalue weighted by Crippen LogP contribution is 2.31. The van der Waals surface area contributed by atoms with E-state index in [1.807, 2.05) is 19.9 Å². The average molecular weight is 281 g/mol. The van der Waals surface area contributed by atoms with Gasteiger partial charge in [0, 0.05) is 18.0 Å². The molecule has 0 bridgehead atoms.